The molecule has 0 bridgehead atoms. The minimum absolute atomic E-state index is 0.873. The molecule has 2 rings (SSSR count). The highest BCUT2D eigenvalue weighted by molar-refractivity contribution is 9.10. The topological polar surface area (TPSA) is 24.9 Å². The van der Waals surface area contributed by atoms with Crippen LogP contribution in [0, 0.1) is 0 Å². The van der Waals surface area contributed by atoms with Gasteiger partial charge in [0.1, 0.15) is 5.82 Å². The number of aromatic nitrogens is 1. The Morgan fingerprint density at radius 1 is 1.18 bits per heavy atom. The summed E-state index contributed by atoms with van der Waals surface area (Å²) in [6.45, 7) is 0. The van der Waals surface area contributed by atoms with E-state index < -0.39 is 0 Å². The normalized spacial score (nSPS) is 10.2. The Morgan fingerprint density at radius 3 is 2.76 bits per heavy atom. The van der Waals surface area contributed by atoms with E-state index in [0.29, 0.717) is 0 Å². The third kappa shape index (κ3) is 3.48. The van der Waals surface area contributed by atoms with Gasteiger partial charge in [-0.3, -0.25) is 0 Å². The summed E-state index contributed by atoms with van der Waals surface area (Å²) in [6, 6.07) is 14.3. The first-order chi connectivity index (χ1) is 8.29. The SMILES string of the molecule is CNc1cccc(CSc2ccccc2Br)n1. The molecule has 1 aromatic heterocycles. The zero-order valence-electron chi connectivity index (χ0n) is 9.48. The predicted molar refractivity (Wildman–Crippen MR) is 77.5 cm³/mol. The van der Waals surface area contributed by atoms with Gasteiger partial charge in [0.25, 0.3) is 0 Å². The molecule has 0 radical (unpaired) electrons. The van der Waals surface area contributed by atoms with Crippen molar-refractivity contribution in [2.45, 2.75) is 10.6 Å². The van der Waals surface area contributed by atoms with Crippen molar-refractivity contribution in [2.75, 3.05) is 12.4 Å². The van der Waals surface area contributed by atoms with Gasteiger partial charge in [-0.05, 0) is 40.2 Å². The Labute approximate surface area is 114 Å². The first-order valence-corrected chi connectivity index (χ1v) is 7.08. The van der Waals surface area contributed by atoms with Crippen LogP contribution < -0.4 is 5.32 Å². The van der Waals surface area contributed by atoms with E-state index in [1.54, 1.807) is 11.8 Å². The average molecular weight is 309 g/mol. The van der Waals surface area contributed by atoms with Crippen molar-refractivity contribution >= 4 is 33.5 Å². The lowest BCUT2D eigenvalue weighted by Crippen LogP contribution is -1.94. The highest BCUT2D eigenvalue weighted by Crippen LogP contribution is 2.29. The van der Waals surface area contributed by atoms with E-state index in [9.17, 15) is 0 Å². The molecule has 4 heteroatoms. The van der Waals surface area contributed by atoms with Crippen molar-refractivity contribution < 1.29 is 0 Å². The highest BCUT2D eigenvalue weighted by atomic mass is 79.9. The number of halogens is 1. The predicted octanol–water partition coefficient (Wildman–Crippen LogP) is 4.18. The Balaban J connectivity index is 2.05. The maximum absolute atomic E-state index is 4.49. The molecule has 0 aliphatic carbocycles. The number of benzene rings is 1. The molecule has 0 saturated heterocycles. The number of nitrogens with zero attached hydrogens (tertiary/aromatic N) is 1. The molecule has 17 heavy (non-hydrogen) atoms. The van der Waals surface area contributed by atoms with E-state index >= 15 is 0 Å². The van der Waals surface area contributed by atoms with Crippen LogP contribution in [-0.4, -0.2) is 12.0 Å². The number of nitrogens with one attached hydrogen (secondary N) is 1. The van der Waals surface area contributed by atoms with Gasteiger partial charge >= 0.3 is 0 Å². The Bertz CT molecular complexity index is 502. The molecule has 0 fully saturated rings. The first-order valence-electron chi connectivity index (χ1n) is 5.30. The number of thioether (sulfide) groups is 1. The van der Waals surface area contributed by atoms with Crippen molar-refractivity contribution in [3.63, 3.8) is 0 Å². The lowest BCUT2D eigenvalue weighted by atomic mass is 10.4. The van der Waals surface area contributed by atoms with E-state index in [-0.39, 0.29) is 0 Å². The largest absolute Gasteiger partial charge is 0.373 e. The summed E-state index contributed by atoms with van der Waals surface area (Å²) < 4.78 is 1.13. The smallest absolute Gasteiger partial charge is 0.125 e. The molecule has 0 amide bonds. The standard InChI is InChI=1S/C13H13BrN2S/c1-15-13-8-4-5-10(16-13)9-17-12-7-3-2-6-11(12)14/h2-8H,9H2,1H3,(H,15,16). The summed E-state index contributed by atoms with van der Waals surface area (Å²) in [5.41, 5.74) is 1.08. The fraction of sp³-hybridized carbons (Fsp3) is 0.154. The fourth-order valence-electron chi connectivity index (χ4n) is 1.41. The van der Waals surface area contributed by atoms with Gasteiger partial charge in [-0.1, -0.05) is 18.2 Å². The second-order valence-corrected chi connectivity index (χ2v) is 5.35. The minimum atomic E-state index is 0.873. The molecule has 0 saturated carbocycles. The molecule has 2 nitrogen and oxygen atoms in total. The van der Waals surface area contributed by atoms with Crippen molar-refractivity contribution in [1.29, 1.82) is 0 Å². The molecule has 0 unspecified atom stereocenters. The maximum Gasteiger partial charge on any atom is 0.125 e. The zero-order valence-corrected chi connectivity index (χ0v) is 11.9. The lowest BCUT2D eigenvalue weighted by Gasteiger charge is -2.05. The summed E-state index contributed by atoms with van der Waals surface area (Å²) in [7, 11) is 1.88. The fourth-order valence-corrected chi connectivity index (χ4v) is 2.89. The van der Waals surface area contributed by atoms with Crippen LogP contribution >= 0.6 is 27.7 Å². The van der Waals surface area contributed by atoms with Gasteiger partial charge in [0, 0.05) is 22.2 Å². The van der Waals surface area contributed by atoms with Crippen LogP contribution in [0.2, 0.25) is 0 Å². The van der Waals surface area contributed by atoms with Gasteiger partial charge < -0.3 is 5.32 Å². The lowest BCUT2D eigenvalue weighted by molar-refractivity contribution is 1.16. The van der Waals surface area contributed by atoms with E-state index in [0.717, 1.165) is 21.7 Å². The molecule has 1 N–H and O–H groups in total. The second-order valence-electron chi connectivity index (χ2n) is 3.48. The molecule has 0 aliphatic rings. The van der Waals surface area contributed by atoms with Crippen molar-refractivity contribution in [2.24, 2.45) is 0 Å². The van der Waals surface area contributed by atoms with E-state index in [2.05, 4.69) is 38.4 Å². The highest BCUT2D eigenvalue weighted by Gasteiger charge is 2.01. The van der Waals surface area contributed by atoms with Crippen LogP contribution in [0.25, 0.3) is 0 Å². The zero-order chi connectivity index (χ0) is 12.1. The van der Waals surface area contributed by atoms with Crippen molar-refractivity contribution in [3.05, 3.63) is 52.6 Å². The number of anilines is 1. The molecule has 1 heterocycles. The van der Waals surface area contributed by atoms with Gasteiger partial charge in [-0.15, -0.1) is 11.8 Å². The summed E-state index contributed by atoms with van der Waals surface area (Å²) >= 11 is 5.33. The molecule has 0 aliphatic heterocycles. The van der Waals surface area contributed by atoms with Crippen LogP contribution in [0.4, 0.5) is 5.82 Å². The number of pyridine rings is 1. The molecule has 88 valence electrons. The van der Waals surface area contributed by atoms with Crippen LogP contribution in [0.3, 0.4) is 0 Å². The third-order valence-corrected chi connectivity index (χ3v) is 4.34. The summed E-state index contributed by atoms with van der Waals surface area (Å²) in [4.78, 5) is 5.73. The molecule has 0 atom stereocenters. The Morgan fingerprint density at radius 2 is 2.00 bits per heavy atom. The van der Waals surface area contributed by atoms with Gasteiger partial charge in [0.2, 0.25) is 0 Å². The van der Waals surface area contributed by atoms with E-state index in [1.807, 2.05) is 37.4 Å². The van der Waals surface area contributed by atoms with Crippen molar-refractivity contribution in [1.82, 2.24) is 4.98 Å². The summed E-state index contributed by atoms with van der Waals surface area (Å²) in [5.74, 6) is 1.79. The average Bonchev–Trinajstić information content (AvgIpc) is 2.38. The number of hydrogen-bond acceptors (Lipinski definition) is 3. The third-order valence-electron chi connectivity index (χ3n) is 2.28. The van der Waals surface area contributed by atoms with Gasteiger partial charge in [-0.25, -0.2) is 4.98 Å². The monoisotopic (exact) mass is 308 g/mol. The summed E-state index contributed by atoms with van der Waals surface area (Å²) in [5, 5.41) is 3.05. The maximum atomic E-state index is 4.49. The quantitative estimate of drug-likeness (QED) is 0.858. The van der Waals surface area contributed by atoms with Crippen LogP contribution in [0.15, 0.2) is 51.8 Å². The number of hydrogen-bond donors (Lipinski definition) is 1. The van der Waals surface area contributed by atoms with Crippen LogP contribution in [0.1, 0.15) is 5.69 Å². The van der Waals surface area contributed by atoms with Crippen molar-refractivity contribution in [3.8, 4) is 0 Å². The number of rotatable bonds is 4. The Hall–Kier alpha value is -1.000. The van der Waals surface area contributed by atoms with Crippen LogP contribution in [-0.2, 0) is 5.75 Å². The molecular weight excluding hydrogens is 296 g/mol. The molecule has 2 aromatic rings. The Kier molecular flexibility index (Phi) is 4.45. The minimum Gasteiger partial charge on any atom is -0.373 e. The first kappa shape index (κ1) is 12.5. The second kappa shape index (κ2) is 6.07. The van der Waals surface area contributed by atoms with E-state index in [1.165, 1.54) is 4.90 Å². The molecular formula is C13H13BrN2S. The van der Waals surface area contributed by atoms with E-state index in [4.69, 9.17) is 0 Å². The summed E-state index contributed by atoms with van der Waals surface area (Å²) in [6.07, 6.45) is 0. The molecule has 1 aromatic carbocycles. The van der Waals surface area contributed by atoms with Gasteiger partial charge in [-0.2, -0.15) is 0 Å². The van der Waals surface area contributed by atoms with Crippen LogP contribution in [0.5, 0.6) is 0 Å². The van der Waals surface area contributed by atoms with Gasteiger partial charge in [0.15, 0.2) is 0 Å². The molecule has 0 spiro atoms. The van der Waals surface area contributed by atoms with Gasteiger partial charge in [0.05, 0.1) is 5.69 Å².